The minimum atomic E-state index is 0.0415. The third kappa shape index (κ3) is 3.56. The number of anilines is 1. The van der Waals surface area contributed by atoms with E-state index >= 15 is 0 Å². The van der Waals surface area contributed by atoms with Gasteiger partial charge in [0.05, 0.1) is 13.7 Å². The SMILES string of the molecule is COCC[NH+]1Cc2c(sc(C)c2C)N(C(=O)c2ccc(OC)cc2)C1. The first kappa shape index (κ1) is 17.9. The van der Waals surface area contributed by atoms with Crippen LogP contribution >= 0.6 is 11.3 Å². The first-order valence-electron chi connectivity index (χ1n) is 8.42. The zero-order chi connectivity index (χ0) is 18.0. The predicted molar refractivity (Wildman–Crippen MR) is 99.9 cm³/mol. The number of nitrogens with one attached hydrogen (secondary N) is 1. The summed E-state index contributed by atoms with van der Waals surface area (Å²) in [6, 6.07) is 7.33. The highest BCUT2D eigenvalue weighted by atomic mass is 32.1. The number of hydrogen-bond acceptors (Lipinski definition) is 4. The fraction of sp³-hybridized carbons (Fsp3) is 0.421. The number of nitrogens with zero attached hydrogens (tertiary/aromatic N) is 1. The number of thiophene rings is 1. The fourth-order valence-corrected chi connectivity index (χ4v) is 4.32. The van der Waals surface area contributed by atoms with Crippen LogP contribution in [0.1, 0.15) is 26.4 Å². The molecule has 2 heterocycles. The molecule has 0 radical (unpaired) electrons. The second-order valence-corrected chi connectivity index (χ2v) is 7.56. The predicted octanol–water partition coefficient (Wildman–Crippen LogP) is 2.02. The molecule has 0 spiro atoms. The van der Waals surface area contributed by atoms with Gasteiger partial charge in [-0.25, -0.2) is 0 Å². The Hall–Kier alpha value is -1.89. The number of ether oxygens (including phenoxy) is 2. The molecule has 0 bridgehead atoms. The Bertz CT molecular complexity index is 755. The van der Waals surface area contributed by atoms with Crippen molar-refractivity contribution in [1.82, 2.24) is 0 Å². The third-order valence-electron chi connectivity index (χ3n) is 4.78. The quantitative estimate of drug-likeness (QED) is 0.886. The van der Waals surface area contributed by atoms with Gasteiger partial charge in [-0.3, -0.25) is 9.69 Å². The lowest BCUT2D eigenvalue weighted by molar-refractivity contribution is -0.914. The molecule has 0 fully saturated rings. The van der Waals surface area contributed by atoms with E-state index < -0.39 is 0 Å². The van der Waals surface area contributed by atoms with Crippen molar-refractivity contribution >= 4 is 22.2 Å². The highest BCUT2D eigenvalue weighted by Crippen LogP contribution is 2.36. The van der Waals surface area contributed by atoms with Crippen LogP contribution < -0.4 is 14.5 Å². The van der Waals surface area contributed by atoms with Crippen LogP contribution in [0.2, 0.25) is 0 Å². The Kier molecular flexibility index (Phi) is 5.42. The number of amides is 1. The van der Waals surface area contributed by atoms with E-state index in [4.69, 9.17) is 9.47 Å². The number of carbonyl (C=O) groups is 1. The zero-order valence-corrected chi connectivity index (χ0v) is 16.0. The highest BCUT2D eigenvalue weighted by Gasteiger charge is 2.33. The molecule has 25 heavy (non-hydrogen) atoms. The van der Waals surface area contributed by atoms with Gasteiger partial charge >= 0.3 is 0 Å². The summed E-state index contributed by atoms with van der Waals surface area (Å²) in [5.41, 5.74) is 3.28. The minimum Gasteiger partial charge on any atom is -0.497 e. The molecule has 1 N–H and O–H groups in total. The van der Waals surface area contributed by atoms with Crippen molar-refractivity contribution < 1.29 is 19.2 Å². The Morgan fingerprint density at radius 2 is 1.96 bits per heavy atom. The minimum absolute atomic E-state index is 0.0415. The number of fused-ring (bicyclic) bond motifs is 1. The van der Waals surface area contributed by atoms with E-state index in [9.17, 15) is 4.79 Å². The lowest BCUT2D eigenvalue weighted by atomic mass is 10.1. The summed E-state index contributed by atoms with van der Waals surface area (Å²) in [6.45, 7) is 7.47. The Balaban J connectivity index is 1.92. The number of carbonyl (C=O) groups excluding carboxylic acids is 1. The largest absolute Gasteiger partial charge is 0.497 e. The van der Waals surface area contributed by atoms with Crippen molar-refractivity contribution in [1.29, 1.82) is 0 Å². The molecular formula is C19H25N2O3S+. The lowest BCUT2D eigenvalue weighted by Crippen LogP contribution is -3.14. The molecule has 1 aliphatic heterocycles. The van der Waals surface area contributed by atoms with Crippen molar-refractivity contribution in [3.8, 4) is 5.75 Å². The molecule has 1 aliphatic rings. The molecule has 0 saturated carbocycles. The summed E-state index contributed by atoms with van der Waals surface area (Å²) in [6.07, 6.45) is 0. The first-order valence-corrected chi connectivity index (χ1v) is 9.24. The maximum Gasteiger partial charge on any atom is 0.263 e. The summed E-state index contributed by atoms with van der Waals surface area (Å²) >= 11 is 1.72. The molecule has 1 atom stereocenters. The number of quaternary nitrogens is 1. The topological polar surface area (TPSA) is 43.2 Å². The van der Waals surface area contributed by atoms with Crippen LogP contribution in [0.5, 0.6) is 5.75 Å². The summed E-state index contributed by atoms with van der Waals surface area (Å²) in [5.74, 6) is 0.797. The fourth-order valence-electron chi connectivity index (χ4n) is 3.15. The standard InChI is InChI=1S/C19H24N2O3S/c1-13-14(2)25-19-17(13)11-20(9-10-23-3)12-21(19)18(22)15-5-7-16(24-4)8-6-15/h5-8H,9-12H2,1-4H3/p+1. The van der Waals surface area contributed by atoms with Crippen molar-refractivity contribution in [2.45, 2.75) is 20.4 Å². The van der Waals surface area contributed by atoms with Gasteiger partial charge in [-0.05, 0) is 43.7 Å². The van der Waals surface area contributed by atoms with Gasteiger partial charge in [0.1, 0.15) is 23.8 Å². The van der Waals surface area contributed by atoms with Gasteiger partial charge in [0.2, 0.25) is 0 Å². The zero-order valence-electron chi connectivity index (χ0n) is 15.2. The maximum atomic E-state index is 13.1. The van der Waals surface area contributed by atoms with Gasteiger partial charge in [0, 0.05) is 23.1 Å². The van der Waals surface area contributed by atoms with Crippen LogP contribution in [0.15, 0.2) is 24.3 Å². The van der Waals surface area contributed by atoms with E-state index in [2.05, 4.69) is 13.8 Å². The second-order valence-electron chi connectivity index (χ2n) is 6.36. The van der Waals surface area contributed by atoms with E-state index in [1.54, 1.807) is 25.6 Å². The Morgan fingerprint density at radius 3 is 2.60 bits per heavy atom. The van der Waals surface area contributed by atoms with E-state index in [1.807, 2.05) is 29.2 Å². The van der Waals surface area contributed by atoms with Gasteiger partial charge < -0.3 is 14.4 Å². The van der Waals surface area contributed by atoms with Crippen LogP contribution in [0, 0.1) is 13.8 Å². The number of methoxy groups -OCH3 is 2. The van der Waals surface area contributed by atoms with Gasteiger partial charge in [0.25, 0.3) is 5.91 Å². The van der Waals surface area contributed by atoms with Crippen LogP contribution in [-0.4, -0.2) is 39.9 Å². The average Bonchev–Trinajstić information content (AvgIpc) is 2.93. The second kappa shape index (κ2) is 7.56. The smallest absolute Gasteiger partial charge is 0.263 e. The molecule has 0 aliphatic carbocycles. The molecule has 3 rings (SSSR count). The van der Waals surface area contributed by atoms with E-state index in [-0.39, 0.29) is 5.91 Å². The molecule has 1 unspecified atom stereocenters. The van der Waals surface area contributed by atoms with Crippen molar-refractivity contribution in [2.24, 2.45) is 0 Å². The molecule has 1 aromatic carbocycles. The van der Waals surface area contributed by atoms with Crippen molar-refractivity contribution in [2.75, 3.05) is 38.9 Å². The van der Waals surface area contributed by atoms with E-state index in [0.29, 0.717) is 18.8 Å². The molecule has 2 aromatic rings. The Labute approximate surface area is 152 Å². The number of aryl methyl sites for hydroxylation is 1. The molecule has 1 aromatic heterocycles. The van der Waals surface area contributed by atoms with Crippen LogP contribution in [0.4, 0.5) is 5.00 Å². The molecule has 134 valence electrons. The summed E-state index contributed by atoms with van der Waals surface area (Å²) < 4.78 is 10.4. The van der Waals surface area contributed by atoms with Gasteiger partial charge in [0.15, 0.2) is 6.67 Å². The average molecular weight is 361 g/mol. The van der Waals surface area contributed by atoms with Crippen LogP contribution in [-0.2, 0) is 11.3 Å². The highest BCUT2D eigenvalue weighted by molar-refractivity contribution is 7.16. The van der Waals surface area contributed by atoms with Crippen molar-refractivity contribution in [3.05, 3.63) is 45.8 Å². The van der Waals surface area contributed by atoms with E-state index in [0.717, 1.165) is 23.8 Å². The molecular weight excluding hydrogens is 336 g/mol. The van der Waals surface area contributed by atoms with Gasteiger partial charge in [-0.15, -0.1) is 11.3 Å². The Morgan fingerprint density at radius 1 is 1.24 bits per heavy atom. The lowest BCUT2D eigenvalue weighted by Gasteiger charge is -2.32. The summed E-state index contributed by atoms with van der Waals surface area (Å²) in [5, 5.41) is 1.09. The maximum absolute atomic E-state index is 13.1. The first-order chi connectivity index (χ1) is 12.0. The van der Waals surface area contributed by atoms with Crippen LogP contribution in [0.25, 0.3) is 0 Å². The number of rotatable bonds is 5. The van der Waals surface area contributed by atoms with Crippen molar-refractivity contribution in [3.63, 3.8) is 0 Å². The summed E-state index contributed by atoms with van der Waals surface area (Å²) in [7, 11) is 3.34. The monoisotopic (exact) mass is 361 g/mol. The van der Waals surface area contributed by atoms with Gasteiger partial charge in [-0.2, -0.15) is 0 Å². The molecule has 6 heteroatoms. The number of benzene rings is 1. The third-order valence-corrected chi connectivity index (χ3v) is 6.06. The molecule has 1 amide bonds. The summed E-state index contributed by atoms with van der Waals surface area (Å²) in [4.78, 5) is 17.7. The van der Waals surface area contributed by atoms with E-state index in [1.165, 1.54) is 20.9 Å². The van der Waals surface area contributed by atoms with Gasteiger partial charge in [-0.1, -0.05) is 0 Å². The number of hydrogen-bond donors (Lipinski definition) is 1. The molecule has 0 saturated heterocycles. The molecule has 5 nitrogen and oxygen atoms in total. The van der Waals surface area contributed by atoms with Crippen LogP contribution in [0.3, 0.4) is 0 Å². The normalized spacial score (nSPS) is 16.6.